The first kappa shape index (κ1) is 23.2. The molecule has 7 heteroatoms. The lowest BCUT2D eigenvalue weighted by molar-refractivity contribution is -0.123. The molecule has 2 aromatic rings. The van der Waals surface area contributed by atoms with Crippen molar-refractivity contribution in [2.45, 2.75) is 44.4 Å². The predicted octanol–water partition coefficient (Wildman–Crippen LogP) is 3.28. The molecule has 0 bridgehead atoms. The molecule has 0 spiro atoms. The van der Waals surface area contributed by atoms with Crippen LogP contribution in [0.4, 0.5) is 11.5 Å². The van der Waals surface area contributed by atoms with Crippen LogP contribution in [-0.4, -0.2) is 73.8 Å². The van der Waals surface area contributed by atoms with Crippen LogP contribution in [0, 0.1) is 5.92 Å². The highest BCUT2D eigenvalue weighted by molar-refractivity contribution is 5.96. The number of likely N-dealkylation sites (N-methyl/N-ethyl adjacent to an activating group) is 1. The van der Waals surface area contributed by atoms with E-state index in [1.165, 1.54) is 5.56 Å². The summed E-state index contributed by atoms with van der Waals surface area (Å²) in [5.41, 5.74) is 3.47. The maximum absolute atomic E-state index is 13.6. The van der Waals surface area contributed by atoms with Crippen LogP contribution in [0.25, 0.3) is 0 Å². The molecule has 1 unspecified atom stereocenters. The molecule has 0 N–H and O–H groups in total. The zero-order valence-electron chi connectivity index (χ0n) is 20.6. The first-order valence-electron chi connectivity index (χ1n) is 12.8. The molecule has 4 heterocycles. The van der Waals surface area contributed by atoms with Gasteiger partial charge in [0.1, 0.15) is 5.82 Å². The van der Waals surface area contributed by atoms with Gasteiger partial charge < -0.3 is 19.4 Å². The Hall–Kier alpha value is -2.51. The van der Waals surface area contributed by atoms with Crippen LogP contribution in [0.5, 0.6) is 0 Å². The fourth-order valence-electron chi connectivity index (χ4n) is 5.57. The number of ether oxygens (including phenoxy) is 1. The van der Waals surface area contributed by atoms with Crippen LogP contribution >= 0.6 is 0 Å². The summed E-state index contributed by atoms with van der Waals surface area (Å²) in [6.45, 7) is 8.69. The molecule has 3 saturated heterocycles. The summed E-state index contributed by atoms with van der Waals surface area (Å²) in [5.74, 6) is 1.12. The lowest BCUT2D eigenvalue weighted by Crippen LogP contribution is -2.45. The molecular formula is C27H37N5O2. The van der Waals surface area contributed by atoms with E-state index in [0.717, 1.165) is 88.8 Å². The maximum atomic E-state index is 13.6. The van der Waals surface area contributed by atoms with E-state index in [1.807, 2.05) is 4.90 Å². The third-order valence-corrected chi connectivity index (χ3v) is 8.02. The van der Waals surface area contributed by atoms with Gasteiger partial charge in [0, 0.05) is 76.4 Å². The van der Waals surface area contributed by atoms with Crippen molar-refractivity contribution in [2.75, 3.05) is 62.8 Å². The number of aromatic nitrogens is 2. The van der Waals surface area contributed by atoms with Crippen LogP contribution in [-0.2, 0) is 21.4 Å². The van der Waals surface area contributed by atoms with Gasteiger partial charge in [-0.05, 0) is 55.8 Å². The van der Waals surface area contributed by atoms with Crippen LogP contribution < -0.4 is 9.80 Å². The summed E-state index contributed by atoms with van der Waals surface area (Å²) in [6.07, 6.45) is 8.19. The lowest BCUT2D eigenvalue weighted by Gasteiger charge is -2.36. The summed E-state index contributed by atoms with van der Waals surface area (Å²) < 4.78 is 5.56. The van der Waals surface area contributed by atoms with Gasteiger partial charge >= 0.3 is 0 Å². The Bertz CT molecular complexity index is 981. The molecule has 3 aliphatic rings. The monoisotopic (exact) mass is 463 g/mol. The number of carbonyl (C=O) groups excluding carboxylic acids is 1. The Labute approximate surface area is 203 Å². The number of piperazine rings is 1. The van der Waals surface area contributed by atoms with Crippen LogP contribution in [0.3, 0.4) is 0 Å². The van der Waals surface area contributed by atoms with E-state index < -0.39 is 0 Å². The van der Waals surface area contributed by atoms with Gasteiger partial charge in [-0.25, -0.2) is 4.98 Å². The van der Waals surface area contributed by atoms with E-state index in [9.17, 15) is 4.79 Å². The zero-order valence-corrected chi connectivity index (χ0v) is 20.6. The van der Waals surface area contributed by atoms with Gasteiger partial charge in [0.05, 0.1) is 5.69 Å². The van der Waals surface area contributed by atoms with Gasteiger partial charge in [-0.2, -0.15) is 0 Å². The van der Waals surface area contributed by atoms with E-state index >= 15 is 0 Å². The number of amides is 1. The minimum Gasteiger partial charge on any atom is -0.381 e. The summed E-state index contributed by atoms with van der Waals surface area (Å²) in [6, 6.07) is 8.69. The average molecular weight is 464 g/mol. The number of piperidine rings is 1. The molecule has 3 fully saturated rings. The van der Waals surface area contributed by atoms with Crippen LogP contribution in [0.1, 0.15) is 43.9 Å². The molecule has 182 valence electrons. The van der Waals surface area contributed by atoms with E-state index in [-0.39, 0.29) is 17.2 Å². The highest BCUT2D eigenvalue weighted by Gasteiger charge is 2.33. The van der Waals surface area contributed by atoms with Gasteiger partial charge in [-0.15, -0.1) is 0 Å². The lowest BCUT2D eigenvalue weighted by atomic mass is 9.76. The second-order valence-electron chi connectivity index (χ2n) is 10.4. The highest BCUT2D eigenvalue weighted by atomic mass is 16.5. The van der Waals surface area contributed by atoms with Crippen molar-refractivity contribution < 1.29 is 9.53 Å². The van der Waals surface area contributed by atoms with E-state index in [4.69, 9.17) is 4.74 Å². The minimum atomic E-state index is -0.0515. The third kappa shape index (κ3) is 4.82. The zero-order chi connectivity index (χ0) is 23.5. The van der Waals surface area contributed by atoms with Crippen molar-refractivity contribution in [3.05, 3.63) is 47.9 Å². The number of carbonyl (C=O) groups is 1. The van der Waals surface area contributed by atoms with Crippen molar-refractivity contribution in [1.29, 1.82) is 0 Å². The van der Waals surface area contributed by atoms with Crippen molar-refractivity contribution >= 4 is 17.4 Å². The summed E-state index contributed by atoms with van der Waals surface area (Å²) in [5, 5.41) is 0. The highest BCUT2D eigenvalue weighted by Crippen LogP contribution is 2.36. The topological polar surface area (TPSA) is 61.8 Å². The molecule has 7 nitrogen and oxygen atoms in total. The van der Waals surface area contributed by atoms with Crippen LogP contribution in [0.15, 0.2) is 36.7 Å². The van der Waals surface area contributed by atoms with Gasteiger partial charge in [0.25, 0.3) is 0 Å². The number of rotatable bonds is 5. The molecule has 3 aliphatic heterocycles. The second-order valence-corrected chi connectivity index (χ2v) is 10.4. The number of anilines is 2. The molecule has 0 aliphatic carbocycles. The Morgan fingerprint density at radius 1 is 1.00 bits per heavy atom. The molecule has 1 aromatic heterocycles. The van der Waals surface area contributed by atoms with Crippen molar-refractivity contribution in [2.24, 2.45) is 5.92 Å². The molecule has 5 rings (SSSR count). The Morgan fingerprint density at radius 2 is 1.71 bits per heavy atom. The quantitative estimate of drug-likeness (QED) is 0.678. The van der Waals surface area contributed by atoms with Gasteiger partial charge in [0.2, 0.25) is 5.91 Å². The van der Waals surface area contributed by atoms with E-state index in [1.54, 1.807) is 12.4 Å². The first-order valence-corrected chi connectivity index (χ1v) is 12.8. The number of nitrogens with zero attached hydrogens (tertiary/aromatic N) is 5. The van der Waals surface area contributed by atoms with Crippen molar-refractivity contribution in [3.8, 4) is 0 Å². The molecule has 1 amide bonds. The minimum absolute atomic E-state index is 0.0515. The Kier molecular flexibility index (Phi) is 6.84. The molecule has 0 saturated carbocycles. The number of hydrogen-bond donors (Lipinski definition) is 0. The average Bonchev–Trinajstić information content (AvgIpc) is 2.87. The summed E-state index contributed by atoms with van der Waals surface area (Å²) in [7, 11) is 2.15. The summed E-state index contributed by atoms with van der Waals surface area (Å²) >= 11 is 0. The first-order chi connectivity index (χ1) is 16.5. The fourth-order valence-corrected chi connectivity index (χ4v) is 5.57. The Morgan fingerprint density at radius 3 is 2.44 bits per heavy atom. The van der Waals surface area contributed by atoms with E-state index in [0.29, 0.717) is 6.42 Å². The molecule has 1 aromatic carbocycles. The SMILES string of the molecule is CN1CCN(c2nccnc2CC2CCCN(c3ccc(C4(C)CCOCC4)cc3)C2=O)CC1. The molecular weight excluding hydrogens is 426 g/mol. The molecule has 0 radical (unpaired) electrons. The van der Waals surface area contributed by atoms with Crippen molar-refractivity contribution in [1.82, 2.24) is 14.9 Å². The number of hydrogen-bond acceptors (Lipinski definition) is 6. The standard InChI is InChI=1S/C27H37N5O2/c1-27(9-18-34-19-10-27)22-5-7-23(8-6-22)32-13-3-4-21(26(32)33)20-24-25(29-12-11-28-24)31-16-14-30(2)15-17-31/h5-8,11-12,21H,3-4,9-10,13-20H2,1-2H3. The molecule has 1 atom stereocenters. The van der Waals surface area contributed by atoms with Gasteiger partial charge in [0.15, 0.2) is 0 Å². The van der Waals surface area contributed by atoms with Crippen molar-refractivity contribution in [3.63, 3.8) is 0 Å². The maximum Gasteiger partial charge on any atom is 0.230 e. The number of benzene rings is 1. The third-order valence-electron chi connectivity index (χ3n) is 8.02. The van der Waals surface area contributed by atoms with E-state index in [2.05, 4.69) is 58.0 Å². The predicted molar refractivity (Wildman–Crippen MR) is 134 cm³/mol. The van der Waals surface area contributed by atoms with Crippen LogP contribution in [0.2, 0.25) is 0 Å². The summed E-state index contributed by atoms with van der Waals surface area (Å²) in [4.78, 5) is 29.5. The fraction of sp³-hybridized carbons (Fsp3) is 0.593. The smallest absolute Gasteiger partial charge is 0.230 e. The second kappa shape index (κ2) is 10.0. The normalized spacial score (nSPS) is 23.8. The Balaban J connectivity index is 1.29. The largest absolute Gasteiger partial charge is 0.381 e. The van der Waals surface area contributed by atoms with Gasteiger partial charge in [-0.1, -0.05) is 19.1 Å². The molecule has 34 heavy (non-hydrogen) atoms. The van der Waals surface area contributed by atoms with Gasteiger partial charge in [-0.3, -0.25) is 9.78 Å².